The maximum absolute atomic E-state index is 15.4. The number of halogens is 3. The molecule has 4 heterocycles. The smallest absolute Gasteiger partial charge is 0.338 e. The predicted molar refractivity (Wildman–Crippen MR) is 150 cm³/mol. The maximum atomic E-state index is 15.4. The third-order valence-electron chi connectivity index (χ3n) is 7.37. The van der Waals surface area contributed by atoms with Crippen molar-refractivity contribution in [3.63, 3.8) is 0 Å². The molecule has 5 aromatic rings. The molecule has 0 radical (unpaired) electrons. The summed E-state index contributed by atoms with van der Waals surface area (Å²) in [4.78, 5) is 13.9. The van der Waals surface area contributed by atoms with Crippen molar-refractivity contribution in [3.8, 4) is 17.2 Å². The summed E-state index contributed by atoms with van der Waals surface area (Å²) in [6.45, 7) is 7.12. The van der Waals surface area contributed by atoms with E-state index in [1.165, 1.54) is 15.2 Å². The van der Waals surface area contributed by atoms with Crippen LogP contribution in [0.5, 0.6) is 0 Å². The van der Waals surface area contributed by atoms with Gasteiger partial charge in [0.15, 0.2) is 0 Å². The minimum Gasteiger partial charge on any atom is -0.383 e. The second kappa shape index (κ2) is 10.6. The highest BCUT2D eigenvalue weighted by atomic mass is 35.5. The van der Waals surface area contributed by atoms with Crippen molar-refractivity contribution in [2.24, 2.45) is 0 Å². The van der Waals surface area contributed by atoms with Gasteiger partial charge in [-0.15, -0.1) is 12.4 Å². The van der Waals surface area contributed by atoms with Gasteiger partial charge in [-0.1, -0.05) is 0 Å². The van der Waals surface area contributed by atoms with Crippen LogP contribution in [-0.4, -0.2) is 49.0 Å². The van der Waals surface area contributed by atoms with Crippen LogP contribution in [0.3, 0.4) is 0 Å². The van der Waals surface area contributed by atoms with Crippen LogP contribution < -0.4 is 11.0 Å². The molecule has 0 aliphatic carbocycles. The van der Waals surface area contributed by atoms with Crippen LogP contribution >= 0.6 is 12.4 Å². The third-order valence-corrected chi connectivity index (χ3v) is 7.37. The Kier molecular flexibility index (Phi) is 7.38. The molecule has 1 atom stereocenters. The number of nitrogens with zero attached hydrogens (tertiary/aromatic N) is 6. The number of aromatic nitrogens is 6. The number of hydrogen-bond acceptors (Lipinski definition) is 5. The summed E-state index contributed by atoms with van der Waals surface area (Å²) in [5.41, 5.74) is 3.68. The Morgan fingerprint density at radius 3 is 2.55 bits per heavy atom. The molecular weight excluding hydrogens is 540 g/mol. The van der Waals surface area contributed by atoms with Crippen molar-refractivity contribution in [3.05, 3.63) is 87.4 Å². The van der Waals surface area contributed by atoms with Crippen LogP contribution in [0.1, 0.15) is 35.3 Å². The predicted octanol–water partition coefficient (Wildman–Crippen LogP) is 4.33. The minimum absolute atomic E-state index is 0. The molecule has 6 rings (SSSR count). The second-order valence-electron chi connectivity index (χ2n) is 9.96. The average Bonchev–Trinajstić information content (AvgIpc) is 3.60. The van der Waals surface area contributed by atoms with E-state index in [0.717, 1.165) is 17.8 Å². The van der Waals surface area contributed by atoms with Gasteiger partial charge < -0.3 is 10.1 Å². The fourth-order valence-electron chi connectivity index (χ4n) is 5.41. The number of rotatable bonds is 6. The fraction of sp³-hybridized carbons (Fsp3) is 0.321. The van der Waals surface area contributed by atoms with Gasteiger partial charge in [-0.25, -0.2) is 18.3 Å². The number of aryl methyl sites for hydroxylation is 2. The van der Waals surface area contributed by atoms with E-state index in [4.69, 9.17) is 9.84 Å². The quantitative estimate of drug-likeness (QED) is 0.329. The lowest BCUT2D eigenvalue weighted by molar-refractivity contribution is 0.185. The highest BCUT2D eigenvalue weighted by Crippen LogP contribution is 2.31. The van der Waals surface area contributed by atoms with Gasteiger partial charge in [0.2, 0.25) is 0 Å². The monoisotopic (exact) mass is 569 g/mol. The van der Waals surface area contributed by atoms with E-state index in [2.05, 4.69) is 10.4 Å². The van der Waals surface area contributed by atoms with Gasteiger partial charge >= 0.3 is 5.69 Å². The van der Waals surface area contributed by atoms with Crippen LogP contribution in [0.25, 0.3) is 28.1 Å². The molecule has 12 heteroatoms. The van der Waals surface area contributed by atoms with Gasteiger partial charge in [0, 0.05) is 55.5 Å². The van der Waals surface area contributed by atoms with Crippen LogP contribution in [0.4, 0.5) is 8.78 Å². The highest BCUT2D eigenvalue weighted by molar-refractivity contribution is 5.85. The molecule has 0 fully saturated rings. The van der Waals surface area contributed by atoms with Gasteiger partial charge in [0.1, 0.15) is 17.5 Å². The van der Waals surface area contributed by atoms with Crippen molar-refractivity contribution in [2.45, 2.75) is 39.8 Å². The molecule has 9 nitrogen and oxygen atoms in total. The summed E-state index contributed by atoms with van der Waals surface area (Å²) in [5.74, 6) is -0.267. The Labute approximate surface area is 235 Å². The largest absolute Gasteiger partial charge is 0.383 e. The SMILES string of the molecule is COCCn1ncc2cc(-n3ccn(-c4c5c(nn4-c4cc(C)c(F)c(C)c4)CCN[C@H]5C)c3=O)c(F)cc21.Cl. The van der Waals surface area contributed by atoms with E-state index < -0.39 is 11.5 Å². The molecule has 40 heavy (non-hydrogen) atoms. The Balaban J connectivity index is 0.00000323. The topological polar surface area (TPSA) is 83.8 Å². The van der Waals surface area contributed by atoms with Crippen molar-refractivity contribution in [2.75, 3.05) is 20.3 Å². The van der Waals surface area contributed by atoms with E-state index in [-0.39, 0.29) is 30.0 Å². The second-order valence-corrected chi connectivity index (χ2v) is 9.96. The van der Waals surface area contributed by atoms with E-state index in [9.17, 15) is 9.18 Å². The summed E-state index contributed by atoms with van der Waals surface area (Å²) in [7, 11) is 1.60. The van der Waals surface area contributed by atoms with Crippen molar-refractivity contribution in [1.82, 2.24) is 34.0 Å². The summed E-state index contributed by atoms with van der Waals surface area (Å²) in [5, 5.41) is 13.3. The number of benzene rings is 2. The molecule has 1 N–H and O–H groups in total. The number of methoxy groups -OCH3 is 1. The molecule has 0 saturated carbocycles. The highest BCUT2D eigenvalue weighted by Gasteiger charge is 2.29. The summed E-state index contributed by atoms with van der Waals surface area (Å²) in [6, 6.07) is 6.38. The molecule has 3 aromatic heterocycles. The Bertz CT molecular complexity index is 1760. The normalized spacial score (nSPS) is 14.9. The molecular formula is C28H30ClF2N7O2. The standard InChI is InChI=1S/C28H29F2N7O2.ClH/c1-16-11-20(12-17(2)26(16)30)37-27(25-18(3)31-6-5-22(25)33-37)35-8-7-34(28(35)38)24-13-19-15-32-36(9-10-39-4)23(19)14-21(24)29;/h7-8,11-15,18,31H,5-6,9-10H2,1-4H3;1H/t18-;/m0./s1. The van der Waals surface area contributed by atoms with Crippen molar-refractivity contribution < 1.29 is 13.5 Å². The first-order valence-corrected chi connectivity index (χ1v) is 12.9. The summed E-state index contributed by atoms with van der Waals surface area (Å²) >= 11 is 0. The van der Waals surface area contributed by atoms with E-state index in [0.29, 0.717) is 53.1 Å². The zero-order valence-electron chi connectivity index (χ0n) is 22.6. The molecule has 0 bridgehead atoms. The number of fused-ring (bicyclic) bond motifs is 2. The molecule has 210 valence electrons. The number of ether oxygens (including phenoxy) is 1. The Hall–Kier alpha value is -3.80. The van der Waals surface area contributed by atoms with Crippen molar-refractivity contribution in [1.29, 1.82) is 0 Å². The Morgan fingerprint density at radius 1 is 1.10 bits per heavy atom. The van der Waals surface area contributed by atoms with Gasteiger partial charge in [-0.2, -0.15) is 10.2 Å². The summed E-state index contributed by atoms with van der Waals surface area (Å²) in [6.07, 6.45) is 5.50. The number of hydrogen-bond donors (Lipinski definition) is 1. The first-order chi connectivity index (χ1) is 18.8. The van der Waals surface area contributed by atoms with Gasteiger partial charge in [0.25, 0.3) is 0 Å². The average molecular weight is 570 g/mol. The van der Waals surface area contributed by atoms with Gasteiger partial charge in [-0.05, 0) is 50.1 Å². The number of nitrogens with one attached hydrogen (secondary N) is 1. The first-order valence-electron chi connectivity index (χ1n) is 12.9. The lowest BCUT2D eigenvalue weighted by Crippen LogP contribution is -2.30. The third kappa shape index (κ3) is 4.43. The molecule has 2 aromatic carbocycles. The zero-order valence-corrected chi connectivity index (χ0v) is 23.4. The van der Waals surface area contributed by atoms with Crippen LogP contribution in [0.15, 0.2) is 47.7 Å². The van der Waals surface area contributed by atoms with Gasteiger partial charge in [0.05, 0.1) is 41.9 Å². The minimum atomic E-state index is -0.545. The van der Waals surface area contributed by atoms with Crippen LogP contribution in [-0.2, 0) is 17.7 Å². The van der Waals surface area contributed by atoms with Crippen molar-refractivity contribution >= 4 is 23.3 Å². The van der Waals surface area contributed by atoms with Crippen LogP contribution in [0, 0.1) is 25.5 Å². The lowest BCUT2D eigenvalue weighted by atomic mass is 10.0. The number of imidazole rings is 1. The molecule has 1 aliphatic heterocycles. The van der Waals surface area contributed by atoms with Crippen LogP contribution in [0.2, 0.25) is 0 Å². The molecule has 0 unspecified atom stereocenters. The fourth-order valence-corrected chi connectivity index (χ4v) is 5.41. The molecule has 1 aliphatic rings. The van der Waals surface area contributed by atoms with Gasteiger partial charge in [-0.3, -0.25) is 13.8 Å². The molecule has 0 saturated heterocycles. The lowest BCUT2D eigenvalue weighted by Gasteiger charge is -2.21. The molecule has 0 amide bonds. The maximum Gasteiger partial charge on any atom is 0.338 e. The Morgan fingerprint density at radius 2 is 1.82 bits per heavy atom. The summed E-state index contributed by atoms with van der Waals surface area (Å²) < 4.78 is 41.1. The van der Waals surface area contributed by atoms with E-state index >= 15 is 4.39 Å². The van der Waals surface area contributed by atoms with E-state index in [1.54, 1.807) is 67.1 Å². The molecule has 0 spiro atoms. The van der Waals surface area contributed by atoms with E-state index in [1.807, 2.05) is 6.92 Å². The first kappa shape index (κ1) is 27.8. The zero-order chi connectivity index (χ0) is 27.4.